The van der Waals surface area contributed by atoms with Crippen LogP contribution in [0, 0.1) is 6.42 Å². The Labute approximate surface area is 50.1 Å². The molecule has 0 aromatic rings. The second-order valence-electron chi connectivity index (χ2n) is 2.26. The SMILES string of the molecule is O=C1CC[CH]CCC1. The molecule has 0 aromatic carbocycles. The van der Waals surface area contributed by atoms with Gasteiger partial charge in [-0.1, -0.05) is 0 Å². The van der Waals surface area contributed by atoms with E-state index in [0.717, 1.165) is 32.1 Å². The average molecular weight is 111 g/mol. The van der Waals surface area contributed by atoms with Gasteiger partial charge in [0.2, 0.25) is 0 Å². The van der Waals surface area contributed by atoms with Crippen molar-refractivity contribution < 1.29 is 4.79 Å². The largest absolute Gasteiger partial charge is 0.300 e. The van der Waals surface area contributed by atoms with Crippen molar-refractivity contribution in [2.24, 2.45) is 0 Å². The third kappa shape index (κ3) is 1.65. The maximum absolute atomic E-state index is 10.7. The van der Waals surface area contributed by atoms with E-state index in [2.05, 4.69) is 6.42 Å². The van der Waals surface area contributed by atoms with Crippen molar-refractivity contribution >= 4 is 5.78 Å². The van der Waals surface area contributed by atoms with Crippen molar-refractivity contribution in [2.45, 2.75) is 32.1 Å². The zero-order valence-corrected chi connectivity index (χ0v) is 5.02. The molecule has 1 heteroatoms. The van der Waals surface area contributed by atoms with Gasteiger partial charge in [0.15, 0.2) is 0 Å². The van der Waals surface area contributed by atoms with Crippen LogP contribution in [-0.4, -0.2) is 5.78 Å². The summed E-state index contributed by atoms with van der Waals surface area (Å²) in [7, 11) is 0. The minimum Gasteiger partial charge on any atom is -0.300 e. The van der Waals surface area contributed by atoms with Crippen LogP contribution >= 0.6 is 0 Å². The summed E-state index contributed by atoms with van der Waals surface area (Å²) in [6.07, 6.45) is 7.06. The first-order valence-corrected chi connectivity index (χ1v) is 3.23. The topological polar surface area (TPSA) is 17.1 Å². The average Bonchev–Trinajstić information content (AvgIpc) is 1.94. The number of rotatable bonds is 0. The molecule has 45 valence electrons. The van der Waals surface area contributed by atoms with E-state index in [4.69, 9.17) is 0 Å². The third-order valence-corrected chi connectivity index (χ3v) is 1.49. The van der Waals surface area contributed by atoms with Crippen LogP contribution in [0.25, 0.3) is 0 Å². The number of carbonyl (C=O) groups excluding carboxylic acids is 1. The number of hydrogen-bond acceptors (Lipinski definition) is 1. The van der Waals surface area contributed by atoms with Gasteiger partial charge in [-0.3, -0.25) is 4.79 Å². The highest BCUT2D eigenvalue weighted by Gasteiger charge is 2.05. The van der Waals surface area contributed by atoms with Gasteiger partial charge in [0, 0.05) is 12.8 Å². The molecule has 1 radical (unpaired) electrons. The van der Waals surface area contributed by atoms with E-state index in [9.17, 15) is 4.79 Å². The summed E-state index contributed by atoms with van der Waals surface area (Å²) in [6, 6.07) is 0. The summed E-state index contributed by atoms with van der Waals surface area (Å²) in [5, 5.41) is 0. The minimum atomic E-state index is 0.443. The smallest absolute Gasteiger partial charge is 0.132 e. The van der Waals surface area contributed by atoms with E-state index in [1.807, 2.05) is 0 Å². The number of hydrogen-bond donors (Lipinski definition) is 0. The number of ketones is 1. The van der Waals surface area contributed by atoms with Crippen molar-refractivity contribution in [2.75, 3.05) is 0 Å². The first-order valence-electron chi connectivity index (χ1n) is 3.23. The fraction of sp³-hybridized carbons (Fsp3) is 0.714. The lowest BCUT2D eigenvalue weighted by Crippen LogP contribution is -1.91. The van der Waals surface area contributed by atoms with Crippen LogP contribution in [0.4, 0.5) is 0 Å². The monoisotopic (exact) mass is 111 g/mol. The number of carbonyl (C=O) groups is 1. The van der Waals surface area contributed by atoms with Crippen LogP contribution in [0.5, 0.6) is 0 Å². The fourth-order valence-corrected chi connectivity index (χ4v) is 0.976. The van der Waals surface area contributed by atoms with Crippen LogP contribution in [0.15, 0.2) is 0 Å². The molecule has 0 aromatic heterocycles. The Morgan fingerprint density at radius 2 is 2.12 bits per heavy atom. The molecule has 0 unspecified atom stereocenters. The van der Waals surface area contributed by atoms with Crippen LogP contribution < -0.4 is 0 Å². The van der Waals surface area contributed by atoms with Crippen molar-refractivity contribution in [3.8, 4) is 0 Å². The molecule has 0 spiro atoms. The Hall–Kier alpha value is -0.330. The van der Waals surface area contributed by atoms with Gasteiger partial charge in [-0.15, -0.1) is 0 Å². The highest BCUT2D eigenvalue weighted by Crippen LogP contribution is 2.11. The van der Waals surface area contributed by atoms with Gasteiger partial charge in [-0.2, -0.15) is 0 Å². The van der Waals surface area contributed by atoms with E-state index in [1.54, 1.807) is 0 Å². The van der Waals surface area contributed by atoms with Gasteiger partial charge in [-0.05, 0) is 25.7 Å². The molecule has 1 saturated carbocycles. The normalized spacial score (nSPS) is 22.8. The zero-order chi connectivity index (χ0) is 5.82. The fourth-order valence-electron chi connectivity index (χ4n) is 0.976. The van der Waals surface area contributed by atoms with E-state index >= 15 is 0 Å². The highest BCUT2D eigenvalue weighted by atomic mass is 16.1. The van der Waals surface area contributed by atoms with Crippen molar-refractivity contribution in [3.05, 3.63) is 6.42 Å². The molecule has 0 heterocycles. The zero-order valence-electron chi connectivity index (χ0n) is 5.02. The van der Waals surface area contributed by atoms with Crippen molar-refractivity contribution in [1.82, 2.24) is 0 Å². The van der Waals surface area contributed by atoms with Gasteiger partial charge in [0.25, 0.3) is 0 Å². The Bertz CT molecular complexity index is 76.4. The summed E-state index contributed by atoms with van der Waals surface area (Å²) in [5.74, 6) is 0.443. The number of Topliss-reactive ketones (excluding diaryl/α,β-unsaturated/α-hetero) is 1. The van der Waals surface area contributed by atoms with Crippen molar-refractivity contribution in [3.63, 3.8) is 0 Å². The molecule has 0 amide bonds. The standard InChI is InChI=1S/C7H11O/c8-7-5-3-1-2-4-6-7/h1H,2-6H2. The predicted molar refractivity (Wildman–Crippen MR) is 32.4 cm³/mol. The summed E-state index contributed by atoms with van der Waals surface area (Å²) in [4.78, 5) is 10.7. The molecule has 1 aliphatic carbocycles. The lowest BCUT2D eigenvalue weighted by molar-refractivity contribution is -0.118. The summed E-state index contributed by atoms with van der Waals surface area (Å²) in [5.41, 5.74) is 0. The Kier molecular flexibility index (Phi) is 2.07. The molecule has 1 aliphatic rings. The molecule has 1 nitrogen and oxygen atoms in total. The summed E-state index contributed by atoms with van der Waals surface area (Å²) in [6.45, 7) is 0. The van der Waals surface area contributed by atoms with E-state index in [1.165, 1.54) is 0 Å². The molecule has 0 atom stereocenters. The van der Waals surface area contributed by atoms with Gasteiger partial charge in [0.1, 0.15) is 5.78 Å². The Balaban J connectivity index is 2.27. The highest BCUT2D eigenvalue weighted by molar-refractivity contribution is 5.78. The lowest BCUT2D eigenvalue weighted by atomic mass is 10.2. The molecular formula is C7H11O. The molecule has 0 N–H and O–H groups in total. The molecule has 0 aliphatic heterocycles. The van der Waals surface area contributed by atoms with Crippen LogP contribution in [0.1, 0.15) is 32.1 Å². The van der Waals surface area contributed by atoms with Crippen LogP contribution in [0.2, 0.25) is 0 Å². The lowest BCUT2D eigenvalue weighted by Gasteiger charge is -1.87. The van der Waals surface area contributed by atoms with Gasteiger partial charge < -0.3 is 0 Å². The molecule has 0 saturated heterocycles. The van der Waals surface area contributed by atoms with E-state index in [0.29, 0.717) is 5.78 Å². The Morgan fingerprint density at radius 3 is 3.00 bits per heavy atom. The molecule has 1 fully saturated rings. The maximum Gasteiger partial charge on any atom is 0.132 e. The summed E-state index contributed by atoms with van der Waals surface area (Å²) >= 11 is 0. The van der Waals surface area contributed by atoms with E-state index < -0.39 is 0 Å². The second kappa shape index (κ2) is 2.85. The maximum atomic E-state index is 10.7. The van der Waals surface area contributed by atoms with Crippen molar-refractivity contribution in [1.29, 1.82) is 0 Å². The van der Waals surface area contributed by atoms with Gasteiger partial charge >= 0.3 is 0 Å². The van der Waals surface area contributed by atoms with Gasteiger partial charge in [-0.25, -0.2) is 0 Å². The first kappa shape index (κ1) is 5.80. The predicted octanol–water partition coefficient (Wildman–Crippen LogP) is 1.72. The second-order valence-corrected chi connectivity index (χ2v) is 2.26. The minimum absolute atomic E-state index is 0.443. The van der Waals surface area contributed by atoms with Crippen LogP contribution in [-0.2, 0) is 4.79 Å². The third-order valence-electron chi connectivity index (χ3n) is 1.49. The quantitative estimate of drug-likeness (QED) is 0.435. The van der Waals surface area contributed by atoms with Crippen LogP contribution in [0.3, 0.4) is 0 Å². The van der Waals surface area contributed by atoms with Gasteiger partial charge in [0.05, 0.1) is 0 Å². The summed E-state index contributed by atoms with van der Waals surface area (Å²) < 4.78 is 0. The molecule has 0 bridgehead atoms. The molecule has 1 rings (SSSR count). The Morgan fingerprint density at radius 1 is 1.25 bits per heavy atom. The molecular weight excluding hydrogens is 100 g/mol. The first-order chi connectivity index (χ1) is 3.89. The van der Waals surface area contributed by atoms with E-state index in [-0.39, 0.29) is 0 Å². The molecule has 8 heavy (non-hydrogen) atoms.